The number of rotatable bonds is 4. The molecule has 0 fully saturated rings. The Morgan fingerprint density at radius 1 is 1.55 bits per heavy atom. The predicted octanol–water partition coefficient (Wildman–Crippen LogP) is 0.725. The normalized spacial score (nSPS) is 19.1. The lowest BCUT2D eigenvalue weighted by Crippen LogP contribution is -2.36. The monoisotopic (exact) mass is 298 g/mol. The van der Waals surface area contributed by atoms with Crippen LogP contribution in [0.25, 0.3) is 0 Å². The van der Waals surface area contributed by atoms with Crippen molar-refractivity contribution in [1.82, 2.24) is 5.32 Å². The van der Waals surface area contributed by atoms with E-state index in [2.05, 4.69) is 5.32 Å². The van der Waals surface area contributed by atoms with Gasteiger partial charge in [0.15, 0.2) is 0 Å². The van der Waals surface area contributed by atoms with E-state index in [0.29, 0.717) is 11.3 Å². The van der Waals surface area contributed by atoms with Crippen LogP contribution in [-0.4, -0.2) is 27.0 Å². The average Bonchev–Trinajstić information content (AvgIpc) is 2.80. The van der Waals surface area contributed by atoms with Crippen LogP contribution in [0.1, 0.15) is 31.7 Å². The van der Waals surface area contributed by atoms with Gasteiger partial charge in [-0.05, 0) is 31.5 Å². The maximum absolute atomic E-state index is 12.2. The fourth-order valence-electron chi connectivity index (χ4n) is 2.03. The summed E-state index contributed by atoms with van der Waals surface area (Å²) in [4.78, 5) is 12.2. The van der Waals surface area contributed by atoms with E-state index in [9.17, 15) is 13.2 Å². The first-order valence-corrected chi connectivity index (χ1v) is 7.97. The Bertz CT molecular complexity index is 627. The second-order valence-electron chi connectivity index (χ2n) is 4.93. The molecule has 0 spiro atoms. The molecule has 2 unspecified atom stereocenters. The van der Waals surface area contributed by atoms with Gasteiger partial charge in [-0.2, -0.15) is 0 Å². The zero-order valence-electron chi connectivity index (χ0n) is 11.4. The zero-order valence-corrected chi connectivity index (χ0v) is 12.2. The quantitative estimate of drug-likeness (QED) is 0.856. The van der Waals surface area contributed by atoms with Crippen LogP contribution in [0.3, 0.4) is 0 Å². The van der Waals surface area contributed by atoms with Gasteiger partial charge in [0.05, 0.1) is 4.90 Å². The number of hydrogen-bond acceptors (Lipinski definition) is 4. The average molecular weight is 298 g/mol. The summed E-state index contributed by atoms with van der Waals surface area (Å²) in [6, 6.07) is 4.39. The number of hydrogen-bond donors (Lipinski definition) is 2. The highest BCUT2D eigenvalue weighted by Crippen LogP contribution is 2.35. The highest BCUT2D eigenvalue weighted by molar-refractivity contribution is 7.89. The van der Waals surface area contributed by atoms with E-state index in [4.69, 9.17) is 9.88 Å². The summed E-state index contributed by atoms with van der Waals surface area (Å²) in [5.41, 5.74) is 0.567. The molecule has 0 bridgehead atoms. The molecule has 0 saturated carbocycles. The van der Waals surface area contributed by atoms with Gasteiger partial charge in [-0.15, -0.1) is 0 Å². The Balaban J connectivity index is 2.29. The second-order valence-corrected chi connectivity index (χ2v) is 6.49. The molecule has 0 aromatic heterocycles. The van der Waals surface area contributed by atoms with Gasteiger partial charge in [0, 0.05) is 11.6 Å². The molecule has 1 aromatic carbocycles. The predicted molar refractivity (Wildman–Crippen MR) is 73.9 cm³/mol. The Morgan fingerprint density at radius 3 is 2.85 bits per heavy atom. The van der Waals surface area contributed by atoms with Crippen molar-refractivity contribution in [1.29, 1.82) is 0 Å². The van der Waals surface area contributed by atoms with Gasteiger partial charge in [-0.1, -0.05) is 6.92 Å². The van der Waals surface area contributed by atoms with E-state index in [-0.39, 0.29) is 23.5 Å². The molecular formula is C13H18N2O4S. The third kappa shape index (κ3) is 2.94. The third-order valence-corrected chi connectivity index (χ3v) is 4.32. The number of sulfonamides is 1. The van der Waals surface area contributed by atoms with Crippen molar-refractivity contribution in [2.75, 3.05) is 6.61 Å². The maximum atomic E-state index is 12.2. The topological polar surface area (TPSA) is 98.5 Å². The first-order chi connectivity index (χ1) is 9.32. The number of primary sulfonamides is 1. The molecule has 20 heavy (non-hydrogen) atoms. The molecule has 1 aliphatic heterocycles. The molecule has 2 atom stereocenters. The SMILES string of the molecule is CCC(C)NC(=O)C1COc2ccc(S(N)(=O)=O)cc21. The van der Waals surface area contributed by atoms with Crippen molar-refractivity contribution in [3.05, 3.63) is 23.8 Å². The molecule has 0 aliphatic carbocycles. The molecule has 0 saturated heterocycles. The highest BCUT2D eigenvalue weighted by atomic mass is 32.2. The summed E-state index contributed by atoms with van der Waals surface area (Å²) in [5, 5.41) is 7.98. The summed E-state index contributed by atoms with van der Waals surface area (Å²) in [7, 11) is -3.79. The fraction of sp³-hybridized carbons (Fsp3) is 0.462. The van der Waals surface area contributed by atoms with E-state index in [1.54, 1.807) is 0 Å². The van der Waals surface area contributed by atoms with Crippen LogP contribution in [0, 0.1) is 0 Å². The van der Waals surface area contributed by atoms with Gasteiger partial charge in [-0.25, -0.2) is 13.6 Å². The fourth-order valence-corrected chi connectivity index (χ4v) is 2.58. The van der Waals surface area contributed by atoms with Crippen LogP contribution >= 0.6 is 0 Å². The first-order valence-electron chi connectivity index (χ1n) is 6.43. The van der Waals surface area contributed by atoms with Gasteiger partial charge >= 0.3 is 0 Å². The van der Waals surface area contributed by atoms with Crippen molar-refractivity contribution < 1.29 is 17.9 Å². The van der Waals surface area contributed by atoms with E-state index in [1.807, 2.05) is 13.8 Å². The number of carbonyl (C=O) groups is 1. The minimum atomic E-state index is -3.79. The van der Waals surface area contributed by atoms with Crippen LogP contribution in [0.5, 0.6) is 5.75 Å². The molecule has 2 rings (SSSR count). The molecule has 1 aromatic rings. The molecule has 3 N–H and O–H groups in total. The molecular weight excluding hydrogens is 280 g/mol. The molecule has 110 valence electrons. The summed E-state index contributed by atoms with van der Waals surface area (Å²) in [6.07, 6.45) is 0.823. The van der Waals surface area contributed by atoms with E-state index < -0.39 is 15.9 Å². The van der Waals surface area contributed by atoms with Crippen molar-refractivity contribution in [3.8, 4) is 5.75 Å². The minimum absolute atomic E-state index is 0.0110. The number of nitrogens with one attached hydrogen (secondary N) is 1. The van der Waals surface area contributed by atoms with Crippen LogP contribution < -0.4 is 15.2 Å². The van der Waals surface area contributed by atoms with Crippen LogP contribution in [-0.2, 0) is 14.8 Å². The Hall–Kier alpha value is -1.60. The molecule has 7 heteroatoms. The van der Waals surface area contributed by atoms with Crippen molar-refractivity contribution in [3.63, 3.8) is 0 Å². The Morgan fingerprint density at radius 2 is 2.25 bits per heavy atom. The molecule has 6 nitrogen and oxygen atoms in total. The minimum Gasteiger partial charge on any atom is -0.492 e. The smallest absolute Gasteiger partial charge is 0.238 e. The zero-order chi connectivity index (χ0) is 14.9. The summed E-state index contributed by atoms with van der Waals surface area (Å²) in [6.45, 7) is 4.10. The number of carbonyl (C=O) groups excluding carboxylic acids is 1. The van der Waals surface area contributed by atoms with Gasteiger partial charge < -0.3 is 10.1 Å². The lowest BCUT2D eigenvalue weighted by atomic mass is 10.00. The highest BCUT2D eigenvalue weighted by Gasteiger charge is 2.31. The number of amides is 1. The lowest BCUT2D eigenvalue weighted by Gasteiger charge is -2.15. The van der Waals surface area contributed by atoms with Gasteiger partial charge in [-0.3, -0.25) is 4.79 Å². The summed E-state index contributed by atoms with van der Waals surface area (Å²) in [5.74, 6) is -0.132. The van der Waals surface area contributed by atoms with Gasteiger partial charge in [0.25, 0.3) is 0 Å². The third-order valence-electron chi connectivity index (χ3n) is 3.41. The van der Waals surface area contributed by atoms with Crippen molar-refractivity contribution in [2.45, 2.75) is 37.1 Å². The number of nitrogens with two attached hydrogens (primary N) is 1. The van der Waals surface area contributed by atoms with E-state index in [0.717, 1.165) is 6.42 Å². The molecule has 1 heterocycles. The molecule has 1 amide bonds. The first kappa shape index (κ1) is 14.8. The maximum Gasteiger partial charge on any atom is 0.238 e. The lowest BCUT2D eigenvalue weighted by molar-refractivity contribution is -0.123. The summed E-state index contributed by atoms with van der Waals surface area (Å²) < 4.78 is 28.2. The van der Waals surface area contributed by atoms with E-state index >= 15 is 0 Å². The van der Waals surface area contributed by atoms with Gasteiger partial charge in [0.2, 0.25) is 15.9 Å². The largest absolute Gasteiger partial charge is 0.492 e. The number of fused-ring (bicyclic) bond motifs is 1. The summed E-state index contributed by atoms with van der Waals surface area (Å²) >= 11 is 0. The Kier molecular flexibility index (Phi) is 4.01. The molecule has 1 aliphatic rings. The van der Waals surface area contributed by atoms with E-state index in [1.165, 1.54) is 18.2 Å². The second kappa shape index (κ2) is 5.41. The standard InChI is InChI=1S/C13H18N2O4S/c1-3-8(2)15-13(16)11-7-19-12-5-4-9(6-10(11)12)20(14,17)18/h4-6,8,11H,3,7H2,1-2H3,(H,15,16)(H2,14,17,18). The van der Waals surface area contributed by atoms with Crippen LogP contribution in [0.4, 0.5) is 0 Å². The number of ether oxygens (including phenoxy) is 1. The van der Waals surface area contributed by atoms with Crippen molar-refractivity contribution >= 4 is 15.9 Å². The van der Waals surface area contributed by atoms with Crippen LogP contribution in [0.15, 0.2) is 23.1 Å². The van der Waals surface area contributed by atoms with Gasteiger partial charge in [0.1, 0.15) is 18.3 Å². The number of benzene rings is 1. The Labute approximate surface area is 118 Å². The van der Waals surface area contributed by atoms with Crippen LogP contribution in [0.2, 0.25) is 0 Å². The molecule has 0 radical (unpaired) electrons. The van der Waals surface area contributed by atoms with Crippen molar-refractivity contribution in [2.24, 2.45) is 5.14 Å².